The third-order valence-electron chi connectivity index (χ3n) is 3.52. The van der Waals surface area contributed by atoms with Crippen LogP contribution in [-0.2, 0) is 4.84 Å². The Balaban J connectivity index is 1.68. The number of hydroxylamine groups is 2. The fraction of sp³-hybridized carbons (Fsp3) is 0. The van der Waals surface area contributed by atoms with Gasteiger partial charge in [-0.05, 0) is 18.2 Å². The van der Waals surface area contributed by atoms with Crippen LogP contribution in [0.4, 0.5) is 0 Å². The van der Waals surface area contributed by atoms with Crippen molar-refractivity contribution in [3.8, 4) is 0 Å². The molecule has 0 aliphatic carbocycles. The highest BCUT2D eigenvalue weighted by Crippen LogP contribution is 2.24. The minimum atomic E-state index is -0.891. The summed E-state index contributed by atoms with van der Waals surface area (Å²) in [4.78, 5) is 53.9. The number of hydrogen-bond donors (Lipinski definition) is 0. The topological polar surface area (TPSA) is 102 Å². The number of carbonyl (C=O) groups excluding carboxylic acids is 3. The van der Waals surface area contributed by atoms with Gasteiger partial charge in [0.1, 0.15) is 5.52 Å². The summed E-state index contributed by atoms with van der Waals surface area (Å²) in [5.74, 6) is -2.26. The molecule has 0 bridgehead atoms. The van der Waals surface area contributed by atoms with Crippen molar-refractivity contribution in [1.29, 1.82) is 0 Å². The molecular formula is C16H8N4O4. The molecule has 2 amide bonds. The van der Waals surface area contributed by atoms with Crippen molar-refractivity contribution in [3.05, 3.63) is 65.6 Å². The van der Waals surface area contributed by atoms with Crippen LogP contribution in [0.1, 0.15) is 31.1 Å². The lowest BCUT2D eigenvalue weighted by Gasteiger charge is -2.13. The first-order valence-corrected chi connectivity index (χ1v) is 6.92. The highest BCUT2D eigenvalue weighted by Gasteiger charge is 2.39. The molecule has 8 nitrogen and oxygen atoms in total. The maximum absolute atomic E-state index is 12.4. The highest BCUT2D eigenvalue weighted by atomic mass is 16.7. The fourth-order valence-corrected chi connectivity index (χ4v) is 2.42. The summed E-state index contributed by atoms with van der Waals surface area (Å²) in [6, 6.07) is 7.63. The number of benzene rings is 1. The smallest absolute Gasteiger partial charge is 0.324 e. The third-order valence-corrected chi connectivity index (χ3v) is 3.52. The number of nitrogens with zero attached hydrogens (tertiary/aromatic N) is 4. The predicted molar refractivity (Wildman–Crippen MR) is 79.7 cm³/mol. The van der Waals surface area contributed by atoms with E-state index >= 15 is 0 Å². The van der Waals surface area contributed by atoms with Crippen molar-refractivity contribution >= 4 is 28.9 Å². The molecule has 3 heterocycles. The molecule has 0 spiro atoms. The Labute approximate surface area is 134 Å². The molecule has 1 aromatic carbocycles. The lowest BCUT2D eigenvalue weighted by Crippen LogP contribution is -2.32. The zero-order valence-corrected chi connectivity index (χ0v) is 12.0. The molecule has 0 saturated heterocycles. The molecule has 0 radical (unpaired) electrons. The number of carbonyl (C=O) groups is 3. The molecule has 0 atom stereocenters. The largest absolute Gasteiger partial charge is 0.366 e. The lowest BCUT2D eigenvalue weighted by molar-refractivity contribution is -0.0583. The first-order valence-electron chi connectivity index (χ1n) is 6.92. The van der Waals surface area contributed by atoms with Crippen LogP contribution >= 0.6 is 0 Å². The number of pyridine rings is 1. The van der Waals surface area contributed by atoms with E-state index < -0.39 is 17.8 Å². The molecule has 3 aromatic rings. The Kier molecular flexibility index (Phi) is 3.02. The Morgan fingerprint density at radius 1 is 0.875 bits per heavy atom. The Hall–Kier alpha value is -3.68. The van der Waals surface area contributed by atoms with Crippen molar-refractivity contribution in [3.63, 3.8) is 0 Å². The van der Waals surface area contributed by atoms with Gasteiger partial charge in [-0.25, -0.2) is 14.8 Å². The van der Waals surface area contributed by atoms with E-state index in [0.717, 1.165) is 0 Å². The molecule has 1 aliphatic rings. The van der Waals surface area contributed by atoms with Gasteiger partial charge < -0.3 is 4.84 Å². The van der Waals surface area contributed by atoms with Gasteiger partial charge in [-0.1, -0.05) is 17.2 Å². The van der Waals surface area contributed by atoms with Gasteiger partial charge in [0, 0.05) is 18.6 Å². The van der Waals surface area contributed by atoms with Gasteiger partial charge in [-0.3, -0.25) is 14.6 Å². The summed E-state index contributed by atoms with van der Waals surface area (Å²) in [7, 11) is 0. The average molecular weight is 320 g/mol. The van der Waals surface area contributed by atoms with Crippen molar-refractivity contribution in [1.82, 2.24) is 20.0 Å². The van der Waals surface area contributed by atoms with Crippen molar-refractivity contribution in [2.75, 3.05) is 0 Å². The molecule has 0 saturated carbocycles. The van der Waals surface area contributed by atoms with E-state index in [9.17, 15) is 14.4 Å². The second kappa shape index (κ2) is 5.20. The maximum Gasteiger partial charge on any atom is 0.366 e. The summed E-state index contributed by atoms with van der Waals surface area (Å²) in [6.45, 7) is 0. The number of aromatic nitrogens is 3. The van der Waals surface area contributed by atoms with Gasteiger partial charge in [0.15, 0.2) is 5.65 Å². The van der Waals surface area contributed by atoms with E-state index in [2.05, 4.69) is 15.0 Å². The molecule has 24 heavy (non-hydrogen) atoms. The van der Waals surface area contributed by atoms with E-state index in [1.54, 1.807) is 12.1 Å². The van der Waals surface area contributed by atoms with Crippen LogP contribution in [0.3, 0.4) is 0 Å². The van der Waals surface area contributed by atoms with Gasteiger partial charge in [0.2, 0.25) is 0 Å². The van der Waals surface area contributed by atoms with E-state index in [1.807, 2.05) is 0 Å². The molecule has 0 fully saturated rings. The molecule has 0 N–H and O–H groups in total. The summed E-state index contributed by atoms with van der Waals surface area (Å²) in [5, 5.41) is 0.454. The fourth-order valence-electron chi connectivity index (χ4n) is 2.42. The molecule has 1 aliphatic heterocycles. The van der Waals surface area contributed by atoms with Crippen LogP contribution in [0.15, 0.2) is 48.9 Å². The van der Waals surface area contributed by atoms with Gasteiger partial charge in [-0.2, -0.15) is 0 Å². The number of fused-ring (bicyclic) bond motifs is 2. The summed E-state index contributed by atoms with van der Waals surface area (Å²) < 4.78 is 0. The van der Waals surface area contributed by atoms with Crippen LogP contribution in [0, 0.1) is 0 Å². The molecule has 116 valence electrons. The SMILES string of the molecule is O=C(ON1C(=O)c2ccccc2C1=O)c1ccnc2nccnc12. The molecule has 2 aromatic heterocycles. The minimum absolute atomic E-state index is 0.0599. The van der Waals surface area contributed by atoms with E-state index in [-0.39, 0.29) is 27.9 Å². The van der Waals surface area contributed by atoms with Gasteiger partial charge in [-0.15, -0.1) is 0 Å². The van der Waals surface area contributed by atoms with Crippen LogP contribution in [0.5, 0.6) is 0 Å². The molecule has 4 rings (SSSR count). The quantitative estimate of drug-likeness (QED) is 0.657. The Morgan fingerprint density at radius 3 is 2.21 bits per heavy atom. The minimum Gasteiger partial charge on any atom is -0.324 e. The Morgan fingerprint density at radius 2 is 1.50 bits per heavy atom. The van der Waals surface area contributed by atoms with Gasteiger partial charge in [0.05, 0.1) is 16.7 Å². The number of imide groups is 1. The molecular weight excluding hydrogens is 312 g/mol. The second-order valence-electron chi connectivity index (χ2n) is 4.92. The van der Waals surface area contributed by atoms with E-state index in [4.69, 9.17) is 4.84 Å². The lowest BCUT2D eigenvalue weighted by atomic mass is 10.1. The zero-order chi connectivity index (χ0) is 16.7. The summed E-state index contributed by atoms with van der Waals surface area (Å²) >= 11 is 0. The average Bonchev–Trinajstić information content (AvgIpc) is 2.86. The molecule has 8 heteroatoms. The van der Waals surface area contributed by atoms with E-state index in [1.165, 1.54) is 36.8 Å². The van der Waals surface area contributed by atoms with E-state index in [0.29, 0.717) is 5.06 Å². The van der Waals surface area contributed by atoms with Crippen LogP contribution in [0.25, 0.3) is 11.2 Å². The summed E-state index contributed by atoms with van der Waals surface area (Å²) in [6.07, 6.45) is 4.22. The zero-order valence-electron chi connectivity index (χ0n) is 12.0. The van der Waals surface area contributed by atoms with Crippen molar-refractivity contribution < 1.29 is 19.2 Å². The first-order chi connectivity index (χ1) is 11.7. The highest BCUT2D eigenvalue weighted by molar-refractivity contribution is 6.21. The number of rotatable bonds is 2. The first kappa shape index (κ1) is 13.9. The van der Waals surface area contributed by atoms with Crippen LogP contribution < -0.4 is 0 Å². The van der Waals surface area contributed by atoms with Crippen LogP contribution in [-0.4, -0.2) is 37.8 Å². The van der Waals surface area contributed by atoms with Crippen molar-refractivity contribution in [2.24, 2.45) is 0 Å². The summed E-state index contributed by atoms with van der Waals surface area (Å²) in [5.41, 5.74) is 0.921. The number of hydrogen-bond acceptors (Lipinski definition) is 7. The number of amides is 2. The predicted octanol–water partition coefficient (Wildman–Crippen LogP) is 1.39. The van der Waals surface area contributed by atoms with Crippen molar-refractivity contribution in [2.45, 2.75) is 0 Å². The van der Waals surface area contributed by atoms with Gasteiger partial charge >= 0.3 is 5.97 Å². The Bertz CT molecular complexity index is 977. The van der Waals surface area contributed by atoms with Gasteiger partial charge in [0.25, 0.3) is 11.8 Å². The monoisotopic (exact) mass is 320 g/mol. The third kappa shape index (κ3) is 2.01. The normalized spacial score (nSPS) is 13.2. The van der Waals surface area contributed by atoms with Crippen LogP contribution in [0.2, 0.25) is 0 Å². The standard InChI is InChI=1S/C16H8N4O4/c21-14-9-3-1-2-4-10(9)15(22)20(14)24-16(23)11-5-6-18-13-12(11)17-7-8-19-13/h1-8H. The molecule has 0 unspecified atom stereocenters. The maximum atomic E-state index is 12.4. The second-order valence-corrected chi connectivity index (χ2v) is 4.92.